The molecular formula is C7H11ClN2O. The molecule has 62 valence electrons. The zero-order valence-electron chi connectivity index (χ0n) is 6.16. The third kappa shape index (κ3) is 7.25. The van der Waals surface area contributed by atoms with Crippen LogP contribution in [0.5, 0.6) is 0 Å². The van der Waals surface area contributed by atoms with Crippen LogP contribution >= 0.6 is 11.6 Å². The second kappa shape index (κ2) is 7.47. The third-order valence-corrected chi connectivity index (χ3v) is 1.22. The van der Waals surface area contributed by atoms with Crippen LogP contribution in [0, 0.1) is 0 Å². The summed E-state index contributed by atoms with van der Waals surface area (Å²) in [5, 5.41) is 0.654. The van der Waals surface area contributed by atoms with Gasteiger partial charge < -0.3 is 4.84 Å². The molecule has 0 aliphatic carbocycles. The Hall–Kier alpha value is -0.640. The van der Waals surface area contributed by atoms with Gasteiger partial charge in [-0.05, 0) is 6.08 Å². The predicted molar refractivity (Wildman–Crippen MR) is 47.4 cm³/mol. The van der Waals surface area contributed by atoms with Crippen molar-refractivity contribution in [3.63, 3.8) is 0 Å². The molecule has 0 unspecified atom stereocenters. The van der Waals surface area contributed by atoms with Crippen LogP contribution < -0.4 is 5.90 Å². The summed E-state index contributed by atoms with van der Waals surface area (Å²) in [6.45, 7) is 3.82. The topological polar surface area (TPSA) is 47.6 Å². The van der Waals surface area contributed by atoms with Gasteiger partial charge in [0.05, 0.1) is 6.61 Å². The zero-order valence-corrected chi connectivity index (χ0v) is 6.92. The lowest BCUT2D eigenvalue weighted by molar-refractivity contribution is 0.142. The van der Waals surface area contributed by atoms with E-state index in [1.165, 1.54) is 6.20 Å². The molecule has 0 aromatic rings. The summed E-state index contributed by atoms with van der Waals surface area (Å²) < 4.78 is 0. The summed E-state index contributed by atoms with van der Waals surface area (Å²) >= 11 is 5.70. The Morgan fingerprint density at radius 1 is 1.73 bits per heavy atom. The van der Waals surface area contributed by atoms with Gasteiger partial charge in [0, 0.05) is 23.9 Å². The number of rotatable bonds is 5. The smallest absolute Gasteiger partial charge is 0.0728 e. The highest BCUT2D eigenvalue weighted by Gasteiger charge is 1.88. The molecule has 0 bridgehead atoms. The Balaban J connectivity index is 3.61. The van der Waals surface area contributed by atoms with Crippen molar-refractivity contribution >= 4 is 17.8 Å². The molecule has 0 aliphatic rings. The maximum absolute atomic E-state index is 5.70. The van der Waals surface area contributed by atoms with Crippen molar-refractivity contribution < 1.29 is 4.84 Å². The predicted octanol–water partition coefficient (Wildman–Crippen LogP) is 1.60. The molecule has 0 spiro atoms. The average Bonchev–Trinajstić information content (AvgIpc) is 2.01. The Labute approximate surface area is 71.2 Å². The fourth-order valence-electron chi connectivity index (χ4n) is 0.425. The van der Waals surface area contributed by atoms with E-state index in [1.54, 1.807) is 12.3 Å². The van der Waals surface area contributed by atoms with Crippen LogP contribution in [0.3, 0.4) is 0 Å². The third-order valence-electron chi connectivity index (χ3n) is 0.906. The number of aliphatic imine (C=N–C) groups is 1. The first-order valence-electron chi connectivity index (χ1n) is 3.11. The first kappa shape index (κ1) is 10.4. The van der Waals surface area contributed by atoms with E-state index < -0.39 is 0 Å². The second-order valence-electron chi connectivity index (χ2n) is 1.72. The summed E-state index contributed by atoms with van der Waals surface area (Å²) in [5.41, 5.74) is 0. The highest BCUT2D eigenvalue weighted by molar-refractivity contribution is 6.30. The second-order valence-corrected chi connectivity index (χ2v) is 2.20. The summed E-state index contributed by atoms with van der Waals surface area (Å²) in [7, 11) is 0. The van der Waals surface area contributed by atoms with Crippen LogP contribution in [0.25, 0.3) is 0 Å². The van der Waals surface area contributed by atoms with Gasteiger partial charge in [0.15, 0.2) is 0 Å². The van der Waals surface area contributed by atoms with E-state index in [9.17, 15) is 0 Å². The Morgan fingerprint density at radius 2 is 2.45 bits per heavy atom. The zero-order chi connectivity index (χ0) is 8.53. The van der Waals surface area contributed by atoms with Crippen molar-refractivity contribution in [2.45, 2.75) is 6.42 Å². The van der Waals surface area contributed by atoms with E-state index in [2.05, 4.69) is 16.4 Å². The quantitative estimate of drug-likeness (QED) is 0.509. The number of halogens is 1. The first-order valence-corrected chi connectivity index (χ1v) is 3.49. The van der Waals surface area contributed by atoms with Gasteiger partial charge in [0.1, 0.15) is 0 Å². The number of nitrogens with two attached hydrogens (primary N) is 1. The maximum Gasteiger partial charge on any atom is 0.0728 e. The van der Waals surface area contributed by atoms with E-state index in [0.717, 1.165) is 0 Å². The van der Waals surface area contributed by atoms with Crippen molar-refractivity contribution in [1.82, 2.24) is 0 Å². The Morgan fingerprint density at radius 3 is 3.00 bits per heavy atom. The standard InChI is InChI=1S/C7H11ClN2O/c1-2-10-5-3-7(8)4-6-11-9/h2-3,5H,1,4,6,9H2/b7-3+,10-5?. The molecule has 0 radical (unpaired) electrons. The fourth-order valence-corrected chi connectivity index (χ4v) is 0.558. The van der Waals surface area contributed by atoms with Gasteiger partial charge in [-0.25, -0.2) is 5.90 Å². The number of nitrogens with zero attached hydrogens (tertiary/aromatic N) is 1. The minimum atomic E-state index is 0.414. The molecule has 0 heterocycles. The van der Waals surface area contributed by atoms with Crippen LogP contribution in [0.15, 0.2) is 28.9 Å². The average molecular weight is 175 g/mol. The van der Waals surface area contributed by atoms with Gasteiger partial charge >= 0.3 is 0 Å². The lowest BCUT2D eigenvalue weighted by atomic mass is 10.4. The summed E-state index contributed by atoms with van der Waals surface area (Å²) in [4.78, 5) is 8.05. The van der Waals surface area contributed by atoms with Crippen LogP contribution in [0.2, 0.25) is 0 Å². The SMILES string of the molecule is C=CN=C/C=C(/Cl)CCON. The molecule has 0 saturated carbocycles. The van der Waals surface area contributed by atoms with E-state index >= 15 is 0 Å². The number of allylic oxidation sites excluding steroid dienone is 1. The van der Waals surface area contributed by atoms with Crippen molar-refractivity contribution in [2.24, 2.45) is 10.9 Å². The molecular weight excluding hydrogens is 164 g/mol. The molecule has 11 heavy (non-hydrogen) atoms. The summed E-state index contributed by atoms with van der Waals surface area (Å²) in [6.07, 6.45) is 5.26. The first-order chi connectivity index (χ1) is 5.31. The molecule has 0 aromatic heterocycles. The molecule has 4 heteroatoms. The molecule has 2 N–H and O–H groups in total. The van der Waals surface area contributed by atoms with Crippen molar-refractivity contribution in [1.29, 1.82) is 0 Å². The normalized spacial score (nSPS) is 12.4. The monoisotopic (exact) mass is 174 g/mol. The number of hydrogen-bond donors (Lipinski definition) is 1. The minimum absolute atomic E-state index is 0.414. The van der Waals surface area contributed by atoms with Crippen LogP contribution in [-0.2, 0) is 4.84 Å². The molecule has 0 fully saturated rings. The number of hydrogen-bond acceptors (Lipinski definition) is 3. The van der Waals surface area contributed by atoms with Gasteiger partial charge in [-0.15, -0.1) is 0 Å². The van der Waals surface area contributed by atoms with Gasteiger partial charge in [0.2, 0.25) is 0 Å². The van der Waals surface area contributed by atoms with Crippen molar-refractivity contribution in [3.05, 3.63) is 23.9 Å². The molecule has 3 nitrogen and oxygen atoms in total. The van der Waals surface area contributed by atoms with E-state index in [-0.39, 0.29) is 0 Å². The molecule has 0 saturated heterocycles. The van der Waals surface area contributed by atoms with Gasteiger partial charge in [-0.3, -0.25) is 4.99 Å². The lowest BCUT2D eigenvalue weighted by Crippen LogP contribution is -2.00. The van der Waals surface area contributed by atoms with Crippen LogP contribution in [0.1, 0.15) is 6.42 Å². The highest BCUT2D eigenvalue weighted by Crippen LogP contribution is 2.04. The molecule has 0 amide bonds. The lowest BCUT2D eigenvalue weighted by Gasteiger charge is -1.93. The highest BCUT2D eigenvalue weighted by atomic mass is 35.5. The van der Waals surface area contributed by atoms with Crippen molar-refractivity contribution in [3.8, 4) is 0 Å². The maximum atomic E-state index is 5.70. The molecule has 0 aliphatic heterocycles. The van der Waals surface area contributed by atoms with E-state index in [4.69, 9.17) is 17.5 Å². The summed E-state index contributed by atoms with van der Waals surface area (Å²) in [5.74, 6) is 4.80. The van der Waals surface area contributed by atoms with Gasteiger partial charge in [-0.2, -0.15) is 0 Å². The minimum Gasteiger partial charge on any atom is -0.304 e. The van der Waals surface area contributed by atoms with Crippen LogP contribution in [0.4, 0.5) is 0 Å². The van der Waals surface area contributed by atoms with Gasteiger partial charge in [-0.1, -0.05) is 18.2 Å². The Kier molecular flexibility index (Phi) is 7.03. The molecule has 0 rings (SSSR count). The van der Waals surface area contributed by atoms with Crippen LogP contribution in [-0.4, -0.2) is 12.8 Å². The van der Waals surface area contributed by atoms with Crippen molar-refractivity contribution in [2.75, 3.05) is 6.61 Å². The Bertz CT molecular complexity index is 166. The van der Waals surface area contributed by atoms with E-state index in [1.807, 2.05) is 0 Å². The van der Waals surface area contributed by atoms with E-state index in [0.29, 0.717) is 18.1 Å². The van der Waals surface area contributed by atoms with Gasteiger partial charge in [0.25, 0.3) is 0 Å². The summed E-state index contributed by atoms with van der Waals surface area (Å²) in [6, 6.07) is 0. The largest absolute Gasteiger partial charge is 0.304 e. The fraction of sp³-hybridized carbons (Fsp3) is 0.286. The molecule has 0 atom stereocenters. The molecule has 0 aromatic carbocycles.